The van der Waals surface area contributed by atoms with E-state index in [1.165, 1.54) is 36.6 Å². The molecule has 1 fully saturated rings. The van der Waals surface area contributed by atoms with Crippen molar-refractivity contribution in [2.45, 2.75) is 38.5 Å². The lowest BCUT2D eigenvalue weighted by atomic mass is 9.83. The Hall–Kier alpha value is -1.48. The zero-order valence-corrected chi connectivity index (χ0v) is 14.7. The van der Waals surface area contributed by atoms with E-state index < -0.39 is 0 Å². The Labute approximate surface area is 144 Å². The molecule has 0 amide bonds. The number of fused-ring (bicyclic) bond motifs is 3. The van der Waals surface area contributed by atoms with Crippen LogP contribution in [0.1, 0.15) is 44.1 Å². The first-order chi connectivity index (χ1) is 11.1. The molecule has 3 aromatic rings. The number of rotatable bonds is 2. The molecule has 3 heteroatoms. The van der Waals surface area contributed by atoms with Gasteiger partial charge in [-0.3, -0.25) is 0 Å². The minimum atomic E-state index is -0.170. The van der Waals surface area contributed by atoms with Gasteiger partial charge < -0.3 is 0 Å². The topological polar surface area (TPSA) is 12.9 Å². The van der Waals surface area contributed by atoms with Crippen molar-refractivity contribution in [1.29, 1.82) is 0 Å². The van der Waals surface area contributed by atoms with Gasteiger partial charge in [0, 0.05) is 11.6 Å². The average Bonchev–Trinajstić information content (AvgIpc) is 3.08. The highest BCUT2D eigenvalue weighted by molar-refractivity contribution is 9.10. The second-order valence-corrected chi connectivity index (χ2v) is 7.44. The summed E-state index contributed by atoms with van der Waals surface area (Å²) in [7, 11) is 0. The summed E-state index contributed by atoms with van der Waals surface area (Å²) in [6, 6.07) is 9.42. The van der Waals surface area contributed by atoms with Gasteiger partial charge in [0.2, 0.25) is 0 Å². The average molecular weight is 372 g/mol. The van der Waals surface area contributed by atoms with Crippen LogP contribution < -0.4 is 0 Å². The highest BCUT2D eigenvalue weighted by Crippen LogP contribution is 2.42. The van der Waals surface area contributed by atoms with Crippen LogP contribution in [0.15, 0.2) is 41.1 Å². The largest absolute Gasteiger partial charge is 0.249 e. The van der Waals surface area contributed by atoms with Crippen LogP contribution >= 0.6 is 15.9 Å². The van der Waals surface area contributed by atoms with Crippen LogP contribution in [0.4, 0.5) is 4.39 Å². The zero-order valence-electron chi connectivity index (χ0n) is 13.2. The highest BCUT2D eigenvalue weighted by Gasteiger charge is 2.25. The molecule has 0 bridgehead atoms. The van der Waals surface area contributed by atoms with Crippen molar-refractivity contribution in [2.75, 3.05) is 0 Å². The van der Waals surface area contributed by atoms with Gasteiger partial charge in [-0.05, 0) is 80.5 Å². The van der Waals surface area contributed by atoms with E-state index in [0.717, 1.165) is 20.8 Å². The fraction of sp³-hybridized carbons (Fsp3) is 0.350. The maximum Gasteiger partial charge on any atom is 0.123 e. The van der Waals surface area contributed by atoms with Crippen molar-refractivity contribution >= 4 is 37.5 Å². The summed E-state index contributed by atoms with van der Waals surface area (Å²) in [5, 5.41) is 4.37. The van der Waals surface area contributed by atoms with Gasteiger partial charge in [-0.1, -0.05) is 31.9 Å². The minimum absolute atomic E-state index is 0.170. The molecular weight excluding hydrogens is 353 g/mol. The molecule has 0 saturated heterocycles. The molecule has 2 aromatic carbocycles. The molecule has 1 heterocycles. The smallest absolute Gasteiger partial charge is 0.123 e. The van der Waals surface area contributed by atoms with Gasteiger partial charge >= 0.3 is 0 Å². The zero-order chi connectivity index (χ0) is 16.0. The Kier molecular flexibility index (Phi) is 3.84. The van der Waals surface area contributed by atoms with E-state index >= 15 is 0 Å². The summed E-state index contributed by atoms with van der Waals surface area (Å²) in [6.07, 6.45) is 7.05. The molecule has 118 valence electrons. The van der Waals surface area contributed by atoms with E-state index in [2.05, 4.69) is 33.9 Å². The van der Waals surface area contributed by atoms with E-state index in [1.54, 1.807) is 12.1 Å². The molecule has 1 saturated carbocycles. The monoisotopic (exact) mass is 371 g/mol. The van der Waals surface area contributed by atoms with Crippen LogP contribution in [0.25, 0.3) is 21.5 Å². The summed E-state index contributed by atoms with van der Waals surface area (Å²) in [5.74, 6) is 0.999. The van der Waals surface area contributed by atoms with Crippen molar-refractivity contribution in [3.8, 4) is 0 Å². The molecule has 1 aromatic heterocycles. The normalized spacial score (nSPS) is 17.2. The van der Waals surface area contributed by atoms with Crippen LogP contribution in [0.2, 0.25) is 0 Å². The standard InChI is InChI=1S/C20H19BrFN/c1-12(13-4-2-3-5-13)17-10-14-8-9-23-20(21)19(14)16-7-6-15(22)11-18(16)17/h6-13H,2-5H2,1H3. The van der Waals surface area contributed by atoms with E-state index in [4.69, 9.17) is 0 Å². The summed E-state index contributed by atoms with van der Waals surface area (Å²) in [5.41, 5.74) is 1.28. The van der Waals surface area contributed by atoms with E-state index in [9.17, 15) is 4.39 Å². The fourth-order valence-electron chi connectivity index (χ4n) is 4.14. The Bertz CT molecular complexity index is 884. The molecule has 23 heavy (non-hydrogen) atoms. The SMILES string of the molecule is CC(c1cc2ccnc(Br)c2c2ccc(F)cc12)C1CCCC1. The maximum absolute atomic E-state index is 13.9. The molecule has 0 aliphatic heterocycles. The predicted octanol–water partition coefficient (Wildman–Crippen LogP) is 6.58. The fourth-order valence-corrected chi connectivity index (χ4v) is 4.70. The number of benzene rings is 2. The summed E-state index contributed by atoms with van der Waals surface area (Å²) >= 11 is 3.56. The first-order valence-corrected chi connectivity index (χ1v) is 9.11. The van der Waals surface area contributed by atoms with E-state index in [-0.39, 0.29) is 5.82 Å². The lowest BCUT2D eigenvalue weighted by Gasteiger charge is -2.22. The molecule has 1 atom stereocenters. The van der Waals surface area contributed by atoms with Gasteiger partial charge in [0.15, 0.2) is 0 Å². The summed E-state index contributed by atoms with van der Waals surface area (Å²) in [4.78, 5) is 4.35. The van der Waals surface area contributed by atoms with Crippen molar-refractivity contribution in [1.82, 2.24) is 4.98 Å². The molecule has 1 nitrogen and oxygen atoms in total. The van der Waals surface area contributed by atoms with Gasteiger partial charge in [-0.25, -0.2) is 9.37 Å². The van der Waals surface area contributed by atoms with Crippen molar-refractivity contribution in [3.63, 3.8) is 0 Å². The highest BCUT2D eigenvalue weighted by atomic mass is 79.9. The third-order valence-electron chi connectivity index (χ3n) is 5.41. The lowest BCUT2D eigenvalue weighted by molar-refractivity contribution is 0.463. The molecule has 1 unspecified atom stereocenters. The Balaban J connectivity index is 2.03. The first-order valence-electron chi connectivity index (χ1n) is 8.31. The predicted molar refractivity (Wildman–Crippen MR) is 97.3 cm³/mol. The van der Waals surface area contributed by atoms with Crippen LogP contribution in [0, 0.1) is 11.7 Å². The van der Waals surface area contributed by atoms with Crippen LogP contribution in [0.3, 0.4) is 0 Å². The number of hydrogen-bond donors (Lipinski definition) is 0. The molecule has 1 aliphatic carbocycles. The minimum Gasteiger partial charge on any atom is -0.249 e. The second kappa shape index (κ2) is 5.86. The molecule has 1 aliphatic rings. The Morgan fingerprint density at radius 2 is 1.91 bits per heavy atom. The maximum atomic E-state index is 13.9. The molecular formula is C20H19BrFN. The van der Waals surface area contributed by atoms with Gasteiger partial charge in [-0.15, -0.1) is 0 Å². The summed E-state index contributed by atoms with van der Waals surface area (Å²) in [6.45, 7) is 2.30. The first kappa shape index (κ1) is 15.1. The van der Waals surface area contributed by atoms with Gasteiger partial charge in [0.1, 0.15) is 10.4 Å². The van der Waals surface area contributed by atoms with Crippen molar-refractivity contribution in [3.05, 3.63) is 52.5 Å². The second-order valence-electron chi connectivity index (χ2n) is 6.69. The van der Waals surface area contributed by atoms with Crippen molar-refractivity contribution < 1.29 is 4.39 Å². The molecule has 0 spiro atoms. The lowest BCUT2D eigenvalue weighted by Crippen LogP contribution is -2.07. The number of nitrogens with zero attached hydrogens (tertiary/aromatic N) is 1. The third kappa shape index (κ3) is 2.55. The van der Waals surface area contributed by atoms with E-state index in [1.807, 2.05) is 18.3 Å². The van der Waals surface area contributed by atoms with Crippen LogP contribution in [-0.4, -0.2) is 4.98 Å². The molecule has 0 radical (unpaired) electrons. The number of aromatic nitrogens is 1. The van der Waals surface area contributed by atoms with Crippen molar-refractivity contribution in [2.24, 2.45) is 5.92 Å². The number of hydrogen-bond acceptors (Lipinski definition) is 1. The molecule has 4 rings (SSSR count). The van der Waals surface area contributed by atoms with Crippen LogP contribution in [-0.2, 0) is 0 Å². The third-order valence-corrected chi connectivity index (χ3v) is 6.01. The van der Waals surface area contributed by atoms with Crippen LogP contribution in [0.5, 0.6) is 0 Å². The summed E-state index contributed by atoms with van der Waals surface area (Å²) < 4.78 is 14.8. The van der Waals surface area contributed by atoms with Gasteiger partial charge in [-0.2, -0.15) is 0 Å². The van der Waals surface area contributed by atoms with E-state index in [0.29, 0.717) is 11.8 Å². The quantitative estimate of drug-likeness (QED) is 0.366. The number of pyridine rings is 1. The van der Waals surface area contributed by atoms with Gasteiger partial charge in [0.05, 0.1) is 0 Å². The molecule has 0 N–H and O–H groups in total. The Morgan fingerprint density at radius 1 is 1.13 bits per heavy atom. The Morgan fingerprint density at radius 3 is 2.70 bits per heavy atom. The number of halogens is 2. The van der Waals surface area contributed by atoms with Gasteiger partial charge in [0.25, 0.3) is 0 Å².